The average molecular weight is 281 g/mol. The maximum atomic E-state index is 12.1. The van der Waals surface area contributed by atoms with E-state index in [1.165, 1.54) is 38.3 Å². The Labute approximate surface area is 114 Å². The highest BCUT2D eigenvalue weighted by Crippen LogP contribution is 2.28. The molecule has 0 aromatic heterocycles. The maximum Gasteiger partial charge on any atom is 0.240 e. The summed E-state index contributed by atoms with van der Waals surface area (Å²) in [7, 11) is -3.50. The molecule has 1 aliphatic rings. The first-order chi connectivity index (χ1) is 8.99. The SMILES string of the molecule is CC(=O)c1cccc(S(=O)(=O)NCCC2CCC2)c1. The summed E-state index contributed by atoms with van der Waals surface area (Å²) >= 11 is 0. The lowest BCUT2D eigenvalue weighted by molar-refractivity contribution is 0.101. The van der Waals surface area contributed by atoms with Crippen LogP contribution in [0.2, 0.25) is 0 Å². The molecular formula is C14H19NO3S. The van der Waals surface area contributed by atoms with E-state index < -0.39 is 10.0 Å². The number of rotatable bonds is 6. The van der Waals surface area contributed by atoms with Crippen LogP contribution in [0.25, 0.3) is 0 Å². The van der Waals surface area contributed by atoms with E-state index >= 15 is 0 Å². The fourth-order valence-corrected chi connectivity index (χ4v) is 3.24. The molecule has 1 N–H and O–H groups in total. The van der Waals surface area contributed by atoms with Crippen molar-refractivity contribution in [2.75, 3.05) is 6.54 Å². The predicted octanol–water partition coefficient (Wildman–Crippen LogP) is 2.36. The molecule has 4 nitrogen and oxygen atoms in total. The van der Waals surface area contributed by atoms with Gasteiger partial charge in [-0.3, -0.25) is 4.79 Å². The van der Waals surface area contributed by atoms with Crippen LogP contribution < -0.4 is 4.72 Å². The minimum absolute atomic E-state index is 0.133. The number of ketones is 1. The Morgan fingerprint density at radius 1 is 1.37 bits per heavy atom. The second-order valence-corrected chi connectivity index (χ2v) is 6.83. The number of sulfonamides is 1. The molecule has 1 aromatic carbocycles. The molecule has 1 saturated carbocycles. The molecule has 0 atom stereocenters. The van der Waals surface area contributed by atoms with Crippen LogP contribution in [-0.2, 0) is 10.0 Å². The van der Waals surface area contributed by atoms with E-state index in [2.05, 4.69) is 4.72 Å². The zero-order valence-corrected chi connectivity index (χ0v) is 11.9. The fraction of sp³-hybridized carbons (Fsp3) is 0.500. The number of benzene rings is 1. The Morgan fingerprint density at radius 2 is 2.11 bits per heavy atom. The summed E-state index contributed by atoms with van der Waals surface area (Å²) in [4.78, 5) is 11.4. The molecule has 5 heteroatoms. The van der Waals surface area contributed by atoms with Crippen LogP contribution in [0.5, 0.6) is 0 Å². The highest BCUT2D eigenvalue weighted by atomic mass is 32.2. The normalized spacial score (nSPS) is 16.1. The summed E-state index contributed by atoms with van der Waals surface area (Å²) < 4.78 is 26.7. The van der Waals surface area contributed by atoms with Crippen LogP contribution in [0.3, 0.4) is 0 Å². The van der Waals surface area contributed by atoms with Crippen LogP contribution in [0.15, 0.2) is 29.2 Å². The van der Waals surface area contributed by atoms with Gasteiger partial charge < -0.3 is 0 Å². The van der Waals surface area contributed by atoms with Crippen molar-refractivity contribution in [2.24, 2.45) is 5.92 Å². The summed E-state index contributed by atoms with van der Waals surface area (Å²) in [6.07, 6.45) is 4.58. The predicted molar refractivity (Wildman–Crippen MR) is 73.6 cm³/mol. The third-order valence-electron chi connectivity index (χ3n) is 3.62. The van der Waals surface area contributed by atoms with Gasteiger partial charge in [-0.1, -0.05) is 31.4 Å². The number of hydrogen-bond donors (Lipinski definition) is 1. The van der Waals surface area contributed by atoms with Gasteiger partial charge in [-0.05, 0) is 31.4 Å². The molecule has 0 spiro atoms. The topological polar surface area (TPSA) is 63.2 Å². The largest absolute Gasteiger partial charge is 0.295 e. The highest BCUT2D eigenvalue weighted by molar-refractivity contribution is 7.89. The van der Waals surface area contributed by atoms with Crippen molar-refractivity contribution >= 4 is 15.8 Å². The van der Waals surface area contributed by atoms with Crippen molar-refractivity contribution in [3.05, 3.63) is 29.8 Å². The van der Waals surface area contributed by atoms with Crippen molar-refractivity contribution in [3.63, 3.8) is 0 Å². The van der Waals surface area contributed by atoms with Gasteiger partial charge in [-0.15, -0.1) is 0 Å². The first-order valence-electron chi connectivity index (χ1n) is 6.60. The molecule has 1 aromatic rings. The summed E-state index contributed by atoms with van der Waals surface area (Å²) in [5.74, 6) is 0.540. The lowest BCUT2D eigenvalue weighted by Gasteiger charge is -2.25. The first-order valence-corrected chi connectivity index (χ1v) is 8.08. The van der Waals surface area contributed by atoms with Gasteiger partial charge in [0.2, 0.25) is 10.0 Å². The Morgan fingerprint density at radius 3 is 2.68 bits per heavy atom. The average Bonchev–Trinajstić information content (AvgIpc) is 2.32. The van der Waals surface area contributed by atoms with Crippen LogP contribution in [0.1, 0.15) is 43.0 Å². The lowest BCUT2D eigenvalue weighted by atomic mass is 9.83. The van der Waals surface area contributed by atoms with Gasteiger partial charge >= 0.3 is 0 Å². The third kappa shape index (κ3) is 3.64. The molecule has 1 aliphatic carbocycles. The van der Waals surface area contributed by atoms with Gasteiger partial charge in [-0.25, -0.2) is 13.1 Å². The Kier molecular flexibility index (Phi) is 4.37. The zero-order chi connectivity index (χ0) is 13.9. The zero-order valence-electron chi connectivity index (χ0n) is 11.1. The molecule has 0 radical (unpaired) electrons. The smallest absolute Gasteiger partial charge is 0.240 e. The molecule has 0 heterocycles. The summed E-state index contributed by atoms with van der Waals surface area (Å²) in [5.41, 5.74) is 0.418. The Balaban J connectivity index is 2.01. The van der Waals surface area contributed by atoms with Crippen molar-refractivity contribution in [1.29, 1.82) is 0 Å². The molecule has 0 saturated heterocycles. The minimum Gasteiger partial charge on any atom is -0.295 e. The third-order valence-corrected chi connectivity index (χ3v) is 5.08. The van der Waals surface area contributed by atoms with Crippen LogP contribution in [0.4, 0.5) is 0 Å². The quantitative estimate of drug-likeness (QED) is 0.814. The Hall–Kier alpha value is -1.20. The van der Waals surface area contributed by atoms with E-state index in [4.69, 9.17) is 0 Å². The highest BCUT2D eigenvalue weighted by Gasteiger charge is 2.19. The number of hydrogen-bond acceptors (Lipinski definition) is 3. The van der Waals surface area contributed by atoms with E-state index in [0.29, 0.717) is 18.0 Å². The van der Waals surface area contributed by atoms with Crippen LogP contribution >= 0.6 is 0 Å². The minimum atomic E-state index is -3.50. The molecule has 19 heavy (non-hydrogen) atoms. The van der Waals surface area contributed by atoms with E-state index in [1.54, 1.807) is 12.1 Å². The Bertz CT molecular complexity index is 562. The molecule has 0 amide bonds. The van der Waals surface area contributed by atoms with E-state index in [9.17, 15) is 13.2 Å². The monoisotopic (exact) mass is 281 g/mol. The van der Waals surface area contributed by atoms with Crippen molar-refractivity contribution < 1.29 is 13.2 Å². The van der Waals surface area contributed by atoms with Crippen LogP contribution in [-0.4, -0.2) is 20.7 Å². The van der Waals surface area contributed by atoms with Crippen molar-refractivity contribution in [2.45, 2.75) is 37.5 Å². The van der Waals surface area contributed by atoms with Gasteiger partial charge in [-0.2, -0.15) is 0 Å². The van der Waals surface area contributed by atoms with Crippen molar-refractivity contribution in [3.8, 4) is 0 Å². The van der Waals surface area contributed by atoms with Gasteiger partial charge in [0.05, 0.1) is 4.90 Å². The van der Waals surface area contributed by atoms with Gasteiger partial charge in [0.25, 0.3) is 0 Å². The fourth-order valence-electron chi connectivity index (χ4n) is 2.14. The molecule has 104 valence electrons. The van der Waals surface area contributed by atoms with Gasteiger partial charge in [0.1, 0.15) is 0 Å². The van der Waals surface area contributed by atoms with E-state index in [-0.39, 0.29) is 10.7 Å². The number of nitrogens with one attached hydrogen (secondary N) is 1. The summed E-state index contributed by atoms with van der Waals surface area (Å²) in [5, 5.41) is 0. The second kappa shape index (κ2) is 5.84. The lowest BCUT2D eigenvalue weighted by Crippen LogP contribution is -2.27. The van der Waals surface area contributed by atoms with E-state index in [1.807, 2.05) is 0 Å². The molecule has 2 rings (SSSR count). The number of carbonyl (C=O) groups excluding carboxylic acids is 1. The summed E-state index contributed by atoms with van der Waals surface area (Å²) in [6, 6.07) is 6.15. The maximum absolute atomic E-state index is 12.1. The van der Waals surface area contributed by atoms with Crippen LogP contribution in [0, 0.1) is 5.92 Å². The van der Waals surface area contributed by atoms with Gasteiger partial charge in [0, 0.05) is 12.1 Å². The standard InChI is InChI=1S/C14H19NO3S/c1-11(16)13-6-3-7-14(10-13)19(17,18)15-9-8-12-4-2-5-12/h3,6-7,10,12,15H,2,4-5,8-9H2,1H3. The van der Waals surface area contributed by atoms with Gasteiger partial charge in [0.15, 0.2) is 5.78 Å². The molecule has 1 fully saturated rings. The molecule has 0 aliphatic heterocycles. The number of Topliss-reactive ketones (excluding diaryl/α,β-unsaturated/α-hetero) is 1. The molecule has 0 unspecified atom stereocenters. The molecular weight excluding hydrogens is 262 g/mol. The molecule has 0 bridgehead atoms. The summed E-state index contributed by atoms with van der Waals surface area (Å²) in [6.45, 7) is 1.90. The van der Waals surface area contributed by atoms with Crippen molar-refractivity contribution in [1.82, 2.24) is 4.72 Å². The first kappa shape index (κ1) is 14.2. The second-order valence-electron chi connectivity index (χ2n) is 5.07. The number of carbonyl (C=O) groups is 1. The van der Waals surface area contributed by atoms with E-state index in [0.717, 1.165) is 6.42 Å².